The van der Waals surface area contributed by atoms with Gasteiger partial charge in [0.05, 0.1) is 0 Å². The van der Waals surface area contributed by atoms with Crippen LogP contribution in [0, 0.1) is 0 Å². The Labute approximate surface area is 149 Å². The Morgan fingerprint density at radius 1 is 1.04 bits per heavy atom. The zero-order valence-electron chi connectivity index (χ0n) is 15.2. The fourth-order valence-electron chi connectivity index (χ4n) is 3.32. The number of fused-ring (bicyclic) bond motifs is 1. The molecule has 1 aliphatic rings. The smallest absolute Gasteiger partial charge is 0.170 e. The van der Waals surface area contributed by atoms with Gasteiger partial charge in [0.15, 0.2) is 17.7 Å². The molecule has 0 amide bonds. The number of carbonyl (C=O) groups is 2. The molecule has 130 valence electrons. The summed E-state index contributed by atoms with van der Waals surface area (Å²) < 4.78 is 5.88. The predicted molar refractivity (Wildman–Crippen MR) is 98.4 cm³/mol. The molecule has 0 fully saturated rings. The fraction of sp³-hybridized carbons (Fsp3) is 0.364. The van der Waals surface area contributed by atoms with Crippen molar-refractivity contribution in [2.24, 2.45) is 0 Å². The predicted octanol–water partition coefficient (Wildman–Crippen LogP) is 4.69. The lowest BCUT2D eigenvalue weighted by Gasteiger charge is -2.20. The first-order chi connectivity index (χ1) is 11.8. The van der Waals surface area contributed by atoms with E-state index in [1.165, 1.54) is 12.5 Å². The molecule has 0 saturated heterocycles. The second kappa shape index (κ2) is 6.47. The molecule has 0 spiro atoms. The van der Waals surface area contributed by atoms with Crippen molar-refractivity contribution in [3.8, 4) is 5.75 Å². The Morgan fingerprint density at radius 2 is 1.72 bits per heavy atom. The van der Waals surface area contributed by atoms with Gasteiger partial charge in [-0.25, -0.2) is 0 Å². The van der Waals surface area contributed by atoms with Gasteiger partial charge in [-0.15, -0.1) is 0 Å². The Hall–Kier alpha value is -2.42. The molecule has 0 saturated carbocycles. The molecule has 0 aromatic heterocycles. The van der Waals surface area contributed by atoms with Crippen LogP contribution in [0.25, 0.3) is 0 Å². The number of ether oxygens (including phenoxy) is 1. The van der Waals surface area contributed by atoms with Gasteiger partial charge in [0.2, 0.25) is 0 Å². The lowest BCUT2D eigenvalue weighted by atomic mass is 9.82. The molecule has 2 atom stereocenters. The Kier molecular flexibility index (Phi) is 4.51. The van der Waals surface area contributed by atoms with Crippen LogP contribution in [0.5, 0.6) is 5.75 Å². The molecule has 3 rings (SSSR count). The van der Waals surface area contributed by atoms with E-state index < -0.39 is 6.10 Å². The lowest BCUT2D eigenvalue weighted by molar-refractivity contribution is -0.123. The highest BCUT2D eigenvalue weighted by Gasteiger charge is 2.39. The van der Waals surface area contributed by atoms with Gasteiger partial charge in [0.25, 0.3) is 0 Å². The quantitative estimate of drug-likeness (QED) is 0.761. The molecule has 0 radical (unpaired) electrons. The first-order valence-electron chi connectivity index (χ1n) is 8.67. The summed E-state index contributed by atoms with van der Waals surface area (Å²) in [5.41, 5.74) is 2.82. The van der Waals surface area contributed by atoms with Crippen molar-refractivity contribution in [3.63, 3.8) is 0 Å². The van der Waals surface area contributed by atoms with Gasteiger partial charge in [-0.05, 0) is 24.0 Å². The third-order valence-electron chi connectivity index (χ3n) is 4.80. The van der Waals surface area contributed by atoms with E-state index in [2.05, 4.69) is 26.8 Å². The van der Waals surface area contributed by atoms with Crippen molar-refractivity contribution in [2.45, 2.75) is 51.6 Å². The summed E-state index contributed by atoms with van der Waals surface area (Å²) in [7, 11) is 0. The van der Waals surface area contributed by atoms with E-state index in [1.54, 1.807) is 0 Å². The van der Waals surface area contributed by atoms with Gasteiger partial charge in [-0.2, -0.15) is 0 Å². The first-order valence-corrected chi connectivity index (χ1v) is 8.67. The number of benzene rings is 2. The Bertz CT molecular complexity index is 800. The average Bonchev–Trinajstić information content (AvgIpc) is 2.93. The number of ketones is 2. The van der Waals surface area contributed by atoms with Crippen LogP contribution in [0.4, 0.5) is 0 Å². The number of rotatable bonds is 4. The molecule has 0 unspecified atom stereocenters. The van der Waals surface area contributed by atoms with Gasteiger partial charge in [0, 0.05) is 23.5 Å². The molecule has 3 nitrogen and oxygen atoms in total. The second-order valence-electron chi connectivity index (χ2n) is 7.75. The summed E-state index contributed by atoms with van der Waals surface area (Å²) in [5.74, 6) is 0.482. The van der Waals surface area contributed by atoms with Crippen LogP contribution in [0.15, 0.2) is 48.5 Å². The Morgan fingerprint density at radius 3 is 2.32 bits per heavy atom. The summed E-state index contributed by atoms with van der Waals surface area (Å²) in [6.45, 7) is 7.98. The normalized spacial score (nSPS) is 19.2. The average molecular weight is 336 g/mol. The van der Waals surface area contributed by atoms with E-state index in [0.29, 0.717) is 5.56 Å². The SMILES string of the molecule is CC(=O)[C@H]1Oc2ccc(C(C)(C)C)cc2[C@@H]1CC(=O)c1ccccc1. The van der Waals surface area contributed by atoms with Crippen molar-refractivity contribution >= 4 is 11.6 Å². The van der Waals surface area contributed by atoms with Crippen LogP contribution >= 0.6 is 0 Å². The van der Waals surface area contributed by atoms with E-state index in [-0.39, 0.29) is 29.3 Å². The molecule has 0 N–H and O–H groups in total. The van der Waals surface area contributed by atoms with Gasteiger partial charge < -0.3 is 4.74 Å². The van der Waals surface area contributed by atoms with Crippen molar-refractivity contribution in [2.75, 3.05) is 0 Å². The highest BCUT2D eigenvalue weighted by molar-refractivity contribution is 5.97. The van der Waals surface area contributed by atoms with Crippen LogP contribution in [0.1, 0.15) is 61.5 Å². The zero-order valence-corrected chi connectivity index (χ0v) is 15.2. The summed E-state index contributed by atoms with van der Waals surface area (Å²) in [6, 6.07) is 15.3. The summed E-state index contributed by atoms with van der Waals surface area (Å²) in [6.07, 6.45) is -0.313. The number of carbonyl (C=O) groups excluding carboxylic acids is 2. The van der Waals surface area contributed by atoms with E-state index in [0.717, 1.165) is 11.3 Å². The largest absolute Gasteiger partial charge is 0.482 e. The Balaban J connectivity index is 1.96. The summed E-state index contributed by atoms with van der Waals surface area (Å²) in [5, 5.41) is 0. The minimum absolute atomic E-state index is 0.00265. The monoisotopic (exact) mass is 336 g/mol. The first kappa shape index (κ1) is 17.4. The van der Waals surface area contributed by atoms with Crippen LogP contribution in [0.3, 0.4) is 0 Å². The molecule has 2 aromatic carbocycles. The minimum atomic E-state index is -0.585. The van der Waals surface area contributed by atoms with Crippen molar-refractivity contribution < 1.29 is 14.3 Å². The van der Waals surface area contributed by atoms with Gasteiger partial charge in [-0.3, -0.25) is 9.59 Å². The van der Waals surface area contributed by atoms with Gasteiger partial charge in [-0.1, -0.05) is 63.2 Å². The number of hydrogen-bond donors (Lipinski definition) is 0. The molecular weight excluding hydrogens is 312 g/mol. The maximum absolute atomic E-state index is 12.7. The molecular formula is C22H24O3. The molecule has 25 heavy (non-hydrogen) atoms. The van der Waals surface area contributed by atoms with Crippen molar-refractivity contribution in [1.82, 2.24) is 0 Å². The molecule has 3 heteroatoms. The van der Waals surface area contributed by atoms with Crippen LogP contribution in [-0.2, 0) is 10.2 Å². The lowest BCUT2D eigenvalue weighted by Crippen LogP contribution is -2.28. The summed E-state index contributed by atoms with van der Waals surface area (Å²) in [4.78, 5) is 24.8. The van der Waals surface area contributed by atoms with E-state index in [9.17, 15) is 9.59 Å². The second-order valence-corrected chi connectivity index (χ2v) is 7.75. The molecule has 0 aliphatic carbocycles. The molecule has 0 bridgehead atoms. The van der Waals surface area contributed by atoms with E-state index >= 15 is 0 Å². The number of Topliss-reactive ketones (excluding diaryl/α,β-unsaturated/α-hetero) is 2. The number of hydrogen-bond acceptors (Lipinski definition) is 3. The van der Waals surface area contributed by atoms with E-state index in [1.807, 2.05) is 42.5 Å². The maximum atomic E-state index is 12.7. The highest BCUT2D eigenvalue weighted by atomic mass is 16.5. The van der Waals surface area contributed by atoms with E-state index in [4.69, 9.17) is 4.74 Å². The summed E-state index contributed by atoms with van der Waals surface area (Å²) >= 11 is 0. The van der Waals surface area contributed by atoms with Crippen molar-refractivity contribution in [1.29, 1.82) is 0 Å². The van der Waals surface area contributed by atoms with Crippen LogP contribution < -0.4 is 4.74 Å². The standard InChI is InChI=1S/C22H24O3/c1-14(23)21-18(13-19(24)15-8-6-5-7-9-15)17-12-16(22(2,3)4)10-11-20(17)25-21/h5-12,18,21H,13H2,1-4H3/t18-,21+/m0/s1. The van der Waals surface area contributed by atoms with Crippen LogP contribution in [0.2, 0.25) is 0 Å². The highest BCUT2D eigenvalue weighted by Crippen LogP contribution is 2.43. The van der Waals surface area contributed by atoms with Gasteiger partial charge >= 0.3 is 0 Å². The molecule has 1 heterocycles. The zero-order chi connectivity index (χ0) is 18.2. The molecule has 1 aliphatic heterocycles. The van der Waals surface area contributed by atoms with Gasteiger partial charge in [0.1, 0.15) is 5.75 Å². The third kappa shape index (κ3) is 3.51. The minimum Gasteiger partial charge on any atom is -0.482 e. The van der Waals surface area contributed by atoms with Crippen molar-refractivity contribution in [3.05, 3.63) is 65.2 Å². The molecule has 2 aromatic rings. The topological polar surface area (TPSA) is 43.4 Å². The maximum Gasteiger partial charge on any atom is 0.170 e. The fourth-order valence-corrected chi connectivity index (χ4v) is 3.32. The third-order valence-corrected chi connectivity index (χ3v) is 4.80. The van der Waals surface area contributed by atoms with Crippen LogP contribution in [-0.4, -0.2) is 17.7 Å².